The monoisotopic (exact) mass is 329 g/mol. The van der Waals surface area contributed by atoms with Crippen LogP contribution in [0, 0.1) is 5.92 Å². The minimum atomic E-state index is -4.44. The van der Waals surface area contributed by atoms with Gasteiger partial charge < -0.3 is 9.47 Å². The van der Waals surface area contributed by atoms with Crippen LogP contribution in [-0.4, -0.2) is 18.2 Å². The summed E-state index contributed by atoms with van der Waals surface area (Å²) in [5.74, 6) is 0.583. The molecule has 0 saturated heterocycles. The van der Waals surface area contributed by atoms with Gasteiger partial charge in [-0.3, -0.25) is 0 Å². The Morgan fingerprint density at radius 2 is 2.17 bits per heavy atom. The molecule has 6 heteroatoms. The smallest absolute Gasteiger partial charge is 0.433 e. The highest BCUT2D eigenvalue weighted by Gasteiger charge is 2.38. The first-order valence-electron chi connectivity index (χ1n) is 7.71. The van der Waals surface area contributed by atoms with E-state index in [-0.39, 0.29) is 24.5 Å². The largest absolute Gasteiger partial charge is 0.501 e. The van der Waals surface area contributed by atoms with Crippen molar-refractivity contribution in [3.05, 3.63) is 41.4 Å². The maximum absolute atomic E-state index is 12.8. The highest BCUT2D eigenvalue weighted by molar-refractivity contribution is 5.30. The fourth-order valence-corrected chi connectivity index (χ4v) is 3.13. The normalized spacial score (nSPS) is 22.3. The van der Waals surface area contributed by atoms with E-state index in [1.54, 1.807) is 7.11 Å². The molecule has 3 atom stereocenters. The van der Waals surface area contributed by atoms with Crippen molar-refractivity contribution in [2.24, 2.45) is 5.92 Å². The standard InChI is InChI=1S/C17H22F3NO2/c1-5-6-13(11(3)22-4)16-10(2)12-7-8-15(17(18,19)20)21-14(12)9-23-16/h7-8,10,13,16H,3,5-6,9H2,1-2,4H3/t10-,13+,16+/m0/s1. The Labute approximate surface area is 134 Å². The van der Waals surface area contributed by atoms with Crippen LogP contribution < -0.4 is 0 Å². The summed E-state index contributed by atoms with van der Waals surface area (Å²) in [6.45, 7) is 8.02. The number of alkyl halides is 3. The summed E-state index contributed by atoms with van der Waals surface area (Å²) in [5, 5.41) is 0. The van der Waals surface area contributed by atoms with E-state index >= 15 is 0 Å². The zero-order chi connectivity index (χ0) is 17.2. The SMILES string of the molecule is C=C(OC)[C@@H](CCC)[C@@H]1OCc2nc(C(F)(F)F)ccc2[C@@H]1C. The molecular formula is C17H22F3NO2. The molecule has 1 aromatic heterocycles. The molecule has 1 aliphatic heterocycles. The summed E-state index contributed by atoms with van der Waals surface area (Å²) >= 11 is 0. The van der Waals surface area contributed by atoms with E-state index in [4.69, 9.17) is 9.47 Å². The second-order valence-electron chi connectivity index (χ2n) is 5.86. The number of methoxy groups -OCH3 is 1. The summed E-state index contributed by atoms with van der Waals surface area (Å²) in [6.07, 6.45) is -2.82. The number of rotatable bonds is 5. The summed E-state index contributed by atoms with van der Waals surface area (Å²) in [6, 6.07) is 2.56. The molecular weight excluding hydrogens is 307 g/mol. The first-order chi connectivity index (χ1) is 10.8. The third kappa shape index (κ3) is 3.68. The van der Waals surface area contributed by atoms with Gasteiger partial charge in [0.05, 0.1) is 31.3 Å². The van der Waals surface area contributed by atoms with Crippen molar-refractivity contribution in [2.45, 2.75) is 51.5 Å². The molecule has 23 heavy (non-hydrogen) atoms. The minimum Gasteiger partial charge on any atom is -0.501 e. The third-order valence-corrected chi connectivity index (χ3v) is 4.37. The Morgan fingerprint density at radius 3 is 2.74 bits per heavy atom. The van der Waals surface area contributed by atoms with E-state index < -0.39 is 11.9 Å². The lowest BCUT2D eigenvalue weighted by Gasteiger charge is -2.36. The second kappa shape index (κ2) is 6.91. The van der Waals surface area contributed by atoms with Gasteiger partial charge in [-0.1, -0.05) is 32.9 Å². The fraction of sp³-hybridized carbons (Fsp3) is 0.588. The van der Waals surface area contributed by atoms with Crippen molar-refractivity contribution in [2.75, 3.05) is 7.11 Å². The number of fused-ring (bicyclic) bond motifs is 1. The number of hydrogen-bond donors (Lipinski definition) is 0. The topological polar surface area (TPSA) is 31.4 Å². The molecule has 1 aromatic rings. The summed E-state index contributed by atoms with van der Waals surface area (Å²) in [4.78, 5) is 3.74. The Kier molecular flexibility index (Phi) is 5.34. The van der Waals surface area contributed by atoms with Crippen molar-refractivity contribution in [3.8, 4) is 0 Å². The number of halogens is 3. The molecule has 0 amide bonds. The highest BCUT2D eigenvalue weighted by Crippen LogP contribution is 2.39. The molecule has 3 nitrogen and oxygen atoms in total. The summed E-state index contributed by atoms with van der Waals surface area (Å²) in [5.41, 5.74) is 0.290. The van der Waals surface area contributed by atoms with Gasteiger partial charge in [-0.25, -0.2) is 4.98 Å². The molecule has 0 unspecified atom stereocenters. The minimum absolute atomic E-state index is 0.00967. The molecule has 2 heterocycles. The molecule has 1 aliphatic rings. The number of nitrogens with zero attached hydrogens (tertiary/aromatic N) is 1. The van der Waals surface area contributed by atoms with Gasteiger partial charge in [0.15, 0.2) is 0 Å². The lowest BCUT2D eigenvalue weighted by Crippen LogP contribution is -2.35. The fourth-order valence-electron chi connectivity index (χ4n) is 3.13. The Balaban J connectivity index is 2.30. The lowest BCUT2D eigenvalue weighted by atomic mass is 9.81. The van der Waals surface area contributed by atoms with E-state index in [0.29, 0.717) is 11.5 Å². The Hall–Kier alpha value is -1.56. The van der Waals surface area contributed by atoms with Crippen LogP contribution in [0.3, 0.4) is 0 Å². The van der Waals surface area contributed by atoms with Gasteiger partial charge in [-0.15, -0.1) is 0 Å². The predicted molar refractivity (Wildman–Crippen MR) is 80.8 cm³/mol. The molecule has 0 radical (unpaired) electrons. The van der Waals surface area contributed by atoms with Gasteiger partial charge in [0.25, 0.3) is 0 Å². The van der Waals surface area contributed by atoms with Crippen LogP contribution in [0.25, 0.3) is 0 Å². The maximum Gasteiger partial charge on any atom is 0.433 e. The molecule has 0 aliphatic carbocycles. The molecule has 128 valence electrons. The van der Waals surface area contributed by atoms with Crippen LogP contribution in [0.15, 0.2) is 24.5 Å². The second-order valence-corrected chi connectivity index (χ2v) is 5.86. The van der Waals surface area contributed by atoms with Crippen molar-refractivity contribution < 1.29 is 22.6 Å². The number of aromatic nitrogens is 1. The van der Waals surface area contributed by atoms with Crippen LogP contribution in [0.4, 0.5) is 13.2 Å². The average Bonchev–Trinajstić information content (AvgIpc) is 2.51. The molecule has 0 aromatic carbocycles. The van der Waals surface area contributed by atoms with E-state index in [0.717, 1.165) is 24.5 Å². The Morgan fingerprint density at radius 1 is 1.48 bits per heavy atom. The van der Waals surface area contributed by atoms with Crippen molar-refractivity contribution in [3.63, 3.8) is 0 Å². The van der Waals surface area contributed by atoms with Crippen molar-refractivity contribution in [1.82, 2.24) is 4.98 Å². The number of hydrogen-bond acceptors (Lipinski definition) is 3. The van der Waals surface area contributed by atoms with Gasteiger partial charge >= 0.3 is 6.18 Å². The van der Waals surface area contributed by atoms with E-state index in [9.17, 15) is 13.2 Å². The van der Waals surface area contributed by atoms with Crippen LogP contribution in [0.5, 0.6) is 0 Å². The summed E-state index contributed by atoms with van der Waals surface area (Å²) < 4.78 is 49.5. The van der Waals surface area contributed by atoms with Gasteiger partial charge in [0.2, 0.25) is 0 Å². The van der Waals surface area contributed by atoms with Crippen molar-refractivity contribution >= 4 is 0 Å². The third-order valence-electron chi connectivity index (χ3n) is 4.37. The van der Waals surface area contributed by atoms with Crippen LogP contribution in [-0.2, 0) is 22.3 Å². The van der Waals surface area contributed by atoms with Crippen LogP contribution in [0.2, 0.25) is 0 Å². The zero-order valence-electron chi connectivity index (χ0n) is 13.6. The van der Waals surface area contributed by atoms with Crippen LogP contribution >= 0.6 is 0 Å². The lowest BCUT2D eigenvalue weighted by molar-refractivity contribution is -0.141. The molecule has 0 saturated carbocycles. The maximum atomic E-state index is 12.8. The highest BCUT2D eigenvalue weighted by atomic mass is 19.4. The van der Waals surface area contributed by atoms with E-state index in [1.807, 2.05) is 6.92 Å². The zero-order valence-corrected chi connectivity index (χ0v) is 13.6. The first kappa shape index (κ1) is 17.8. The summed E-state index contributed by atoms with van der Waals surface area (Å²) in [7, 11) is 1.57. The van der Waals surface area contributed by atoms with E-state index in [2.05, 4.69) is 18.5 Å². The van der Waals surface area contributed by atoms with Gasteiger partial charge in [0.1, 0.15) is 5.69 Å². The van der Waals surface area contributed by atoms with Crippen molar-refractivity contribution in [1.29, 1.82) is 0 Å². The van der Waals surface area contributed by atoms with Gasteiger partial charge in [0, 0.05) is 11.8 Å². The average molecular weight is 329 g/mol. The van der Waals surface area contributed by atoms with Crippen LogP contribution in [0.1, 0.15) is 49.6 Å². The molecule has 0 N–H and O–H groups in total. The molecule has 0 bridgehead atoms. The number of pyridine rings is 1. The molecule has 0 fully saturated rings. The number of ether oxygens (including phenoxy) is 2. The Bertz CT molecular complexity index is 571. The van der Waals surface area contributed by atoms with Gasteiger partial charge in [-0.2, -0.15) is 13.2 Å². The molecule has 2 rings (SSSR count). The quantitative estimate of drug-likeness (QED) is 0.735. The van der Waals surface area contributed by atoms with Gasteiger partial charge in [-0.05, 0) is 18.1 Å². The predicted octanol–water partition coefficient (Wildman–Crippen LogP) is 4.68. The van der Waals surface area contributed by atoms with E-state index in [1.165, 1.54) is 6.07 Å². The molecule has 0 spiro atoms. The first-order valence-corrected chi connectivity index (χ1v) is 7.71.